The molecule has 10 bridgehead atoms. The standard InChI is InChI=1S/C25H24N6/c1-25(2)21-10-8-17(26-21)19-13-30(3)23(28-19)15-6-5-7-16(12-15)24-29-20(14-31(24)4)18-9-11-22(25)27-18/h5-14,26-27H,1-4H3. The maximum absolute atomic E-state index is 4.96. The molecule has 0 aliphatic carbocycles. The van der Waals surface area contributed by atoms with Gasteiger partial charge in [-0.1, -0.05) is 18.2 Å². The Morgan fingerprint density at radius 3 is 1.68 bits per heavy atom. The summed E-state index contributed by atoms with van der Waals surface area (Å²) >= 11 is 0. The summed E-state index contributed by atoms with van der Waals surface area (Å²) in [4.78, 5) is 17.1. The number of benzene rings is 1. The van der Waals surface area contributed by atoms with Gasteiger partial charge < -0.3 is 19.1 Å². The van der Waals surface area contributed by atoms with Crippen LogP contribution in [0.3, 0.4) is 0 Å². The van der Waals surface area contributed by atoms with Gasteiger partial charge in [-0.05, 0) is 44.2 Å². The van der Waals surface area contributed by atoms with E-state index in [-0.39, 0.29) is 5.41 Å². The number of imidazole rings is 2. The minimum Gasteiger partial charge on any atom is -0.356 e. The van der Waals surface area contributed by atoms with Crippen LogP contribution < -0.4 is 0 Å². The van der Waals surface area contributed by atoms with E-state index in [0.29, 0.717) is 0 Å². The number of nitrogens with one attached hydrogen (secondary N) is 2. The normalized spacial score (nSPS) is 14.1. The van der Waals surface area contributed by atoms with E-state index in [4.69, 9.17) is 9.97 Å². The molecule has 1 aromatic carbocycles. The highest BCUT2D eigenvalue weighted by molar-refractivity contribution is 5.71. The lowest BCUT2D eigenvalue weighted by Gasteiger charge is -2.22. The molecule has 0 fully saturated rings. The molecule has 1 aliphatic rings. The lowest BCUT2D eigenvalue weighted by Crippen LogP contribution is -2.20. The lowest BCUT2D eigenvalue weighted by molar-refractivity contribution is 0.604. The second kappa shape index (κ2) is 6.11. The van der Waals surface area contributed by atoms with Crippen LogP contribution in [0.15, 0.2) is 60.9 Å². The van der Waals surface area contributed by atoms with Crippen molar-refractivity contribution in [3.05, 3.63) is 72.3 Å². The predicted molar refractivity (Wildman–Crippen MR) is 123 cm³/mol. The van der Waals surface area contributed by atoms with Gasteiger partial charge in [0, 0.05) is 54.4 Å². The highest BCUT2D eigenvalue weighted by atomic mass is 15.1. The first kappa shape index (κ1) is 18.0. The molecule has 0 spiro atoms. The molecule has 6 nitrogen and oxygen atoms in total. The first-order chi connectivity index (χ1) is 14.9. The number of hydrogen-bond donors (Lipinski definition) is 2. The zero-order chi connectivity index (χ0) is 21.3. The van der Waals surface area contributed by atoms with Crippen molar-refractivity contribution in [1.29, 1.82) is 0 Å². The number of rotatable bonds is 0. The topological polar surface area (TPSA) is 67.2 Å². The van der Waals surface area contributed by atoms with Gasteiger partial charge in [0.25, 0.3) is 0 Å². The molecule has 31 heavy (non-hydrogen) atoms. The molecule has 2 N–H and O–H groups in total. The third-order valence-corrected chi connectivity index (χ3v) is 6.40. The van der Waals surface area contributed by atoms with Crippen molar-refractivity contribution >= 4 is 0 Å². The van der Waals surface area contributed by atoms with Crippen molar-refractivity contribution in [2.45, 2.75) is 19.3 Å². The van der Waals surface area contributed by atoms with Gasteiger partial charge in [0.05, 0.1) is 11.4 Å². The molecule has 0 amide bonds. The molecule has 6 heteroatoms. The second-order valence-corrected chi connectivity index (χ2v) is 8.90. The van der Waals surface area contributed by atoms with E-state index in [2.05, 4.69) is 93.9 Å². The summed E-state index contributed by atoms with van der Waals surface area (Å²) in [5.41, 5.74) is 8.10. The number of nitrogens with zero attached hydrogens (tertiary/aromatic N) is 4. The van der Waals surface area contributed by atoms with Gasteiger partial charge >= 0.3 is 0 Å². The second-order valence-electron chi connectivity index (χ2n) is 8.90. The fraction of sp³-hybridized carbons (Fsp3) is 0.200. The third-order valence-electron chi connectivity index (χ3n) is 6.40. The molecule has 1 aliphatic heterocycles. The summed E-state index contributed by atoms with van der Waals surface area (Å²) in [6.45, 7) is 4.44. The predicted octanol–water partition coefficient (Wildman–Crippen LogP) is 5.12. The Kier molecular flexibility index (Phi) is 3.55. The number of aryl methyl sites for hydroxylation is 2. The molecule has 4 aromatic heterocycles. The van der Waals surface area contributed by atoms with Gasteiger partial charge in [-0.3, -0.25) is 0 Å². The van der Waals surface area contributed by atoms with E-state index in [1.165, 1.54) is 0 Å². The number of aromatic nitrogens is 6. The van der Waals surface area contributed by atoms with Crippen LogP contribution in [0, 0.1) is 0 Å². The van der Waals surface area contributed by atoms with Gasteiger partial charge in [0.2, 0.25) is 0 Å². The number of fused-ring (bicyclic) bond motifs is 14. The van der Waals surface area contributed by atoms with Crippen LogP contribution in [-0.4, -0.2) is 29.1 Å². The first-order valence-electron chi connectivity index (χ1n) is 10.5. The van der Waals surface area contributed by atoms with E-state index in [1.54, 1.807) is 0 Å². The van der Waals surface area contributed by atoms with E-state index in [9.17, 15) is 0 Å². The lowest BCUT2D eigenvalue weighted by atomic mass is 9.86. The van der Waals surface area contributed by atoms with Crippen LogP contribution in [0.1, 0.15) is 25.2 Å². The molecule has 5 heterocycles. The molecule has 0 saturated carbocycles. The highest BCUT2D eigenvalue weighted by Crippen LogP contribution is 2.35. The van der Waals surface area contributed by atoms with Crippen molar-refractivity contribution in [2.75, 3.05) is 0 Å². The number of aromatic amines is 2. The maximum Gasteiger partial charge on any atom is 0.140 e. The number of H-pyrrole nitrogens is 2. The Morgan fingerprint density at radius 2 is 1.19 bits per heavy atom. The largest absolute Gasteiger partial charge is 0.356 e. The van der Waals surface area contributed by atoms with Gasteiger partial charge in [-0.2, -0.15) is 0 Å². The summed E-state index contributed by atoms with van der Waals surface area (Å²) < 4.78 is 4.16. The van der Waals surface area contributed by atoms with Crippen LogP contribution in [0.4, 0.5) is 0 Å². The van der Waals surface area contributed by atoms with E-state index in [0.717, 1.165) is 56.9 Å². The van der Waals surface area contributed by atoms with Crippen LogP contribution in [0.25, 0.3) is 45.6 Å². The number of hydrogen-bond acceptors (Lipinski definition) is 2. The fourth-order valence-corrected chi connectivity index (χ4v) is 4.49. The average Bonchev–Trinajstić information content (AvgIpc) is 3.52. The molecule has 0 saturated heterocycles. The zero-order valence-electron chi connectivity index (χ0n) is 18.1. The molecule has 154 valence electrons. The Morgan fingerprint density at radius 1 is 0.710 bits per heavy atom. The summed E-state index contributed by atoms with van der Waals surface area (Å²) in [6.07, 6.45) is 4.16. The SMILES string of the molecule is Cn1cc2nc1-c1cccc(c1)-c1nc(cn1C)-c1ccc([nH]1)C(C)(C)c1ccc-2[nH]1. The molecular formula is C25H24N6. The first-order valence-corrected chi connectivity index (χ1v) is 10.5. The van der Waals surface area contributed by atoms with Crippen molar-refractivity contribution in [1.82, 2.24) is 29.1 Å². The summed E-state index contributed by atoms with van der Waals surface area (Å²) in [6, 6.07) is 17.0. The summed E-state index contributed by atoms with van der Waals surface area (Å²) in [5.74, 6) is 1.86. The van der Waals surface area contributed by atoms with Gasteiger partial charge in [-0.25, -0.2) is 9.97 Å². The third kappa shape index (κ3) is 2.64. The highest BCUT2D eigenvalue weighted by Gasteiger charge is 2.27. The minimum atomic E-state index is -0.215. The Labute approximate surface area is 180 Å². The minimum absolute atomic E-state index is 0.215. The van der Waals surface area contributed by atoms with Gasteiger partial charge in [0.15, 0.2) is 0 Å². The molecule has 0 radical (unpaired) electrons. The molecule has 0 unspecified atom stereocenters. The quantitative estimate of drug-likeness (QED) is 0.374. The van der Waals surface area contributed by atoms with Crippen molar-refractivity contribution in [3.8, 4) is 45.6 Å². The molecular weight excluding hydrogens is 384 g/mol. The van der Waals surface area contributed by atoms with Crippen LogP contribution in [0.5, 0.6) is 0 Å². The van der Waals surface area contributed by atoms with Crippen molar-refractivity contribution in [2.24, 2.45) is 14.1 Å². The average molecular weight is 409 g/mol. The van der Waals surface area contributed by atoms with E-state index in [1.807, 2.05) is 14.1 Å². The zero-order valence-corrected chi connectivity index (χ0v) is 18.1. The van der Waals surface area contributed by atoms with Crippen LogP contribution >= 0.6 is 0 Å². The fourth-order valence-electron chi connectivity index (χ4n) is 4.49. The molecule has 6 rings (SSSR count). The smallest absolute Gasteiger partial charge is 0.140 e. The summed E-state index contributed by atoms with van der Waals surface area (Å²) in [7, 11) is 4.08. The van der Waals surface area contributed by atoms with Crippen LogP contribution in [0.2, 0.25) is 0 Å². The molecule has 5 aromatic rings. The van der Waals surface area contributed by atoms with Crippen molar-refractivity contribution in [3.63, 3.8) is 0 Å². The monoisotopic (exact) mass is 408 g/mol. The van der Waals surface area contributed by atoms with Crippen LogP contribution in [-0.2, 0) is 19.5 Å². The molecule has 0 atom stereocenters. The van der Waals surface area contributed by atoms with Gasteiger partial charge in [-0.15, -0.1) is 0 Å². The van der Waals surface area contributed by atoms with E-state index < -0.39 is 0 Å². The van der Waals surface area contributed by atoms with E-state index >= 15 is 0 Å². The van der Waals surface area contributed by atoms with Crippen molar-refractivity contribution < 1.29 is 0 Å². The maximum atomic E-state index is 4.96. The Hall–Kier alpha value is -3.80. The van der Waals surface area contributed by atoms with Gasteiger partial charge in [0.1, 0.15) is 23.0 Å². The summed E-state index contributed by atoms with van der Waals surface area (Å²) in [5, 5.41) is 0. The Bertz CT molecular complexity index is 1330. The Balaban J connectivity index is 1.65.